The highest BCUT2D eigenvalue weighted by Gasteiger charge is 2.15. The highest BCUT2D eigenvalue weighted by molar-refractivity contribution is 9.10. The zero-order chi connectivity index (χ0) is 17.0. The normalized spacial score (nSPS) is 12.2. The summed E-state index contributed by atoms with van der Waals surface area (Å²) in [6.07, 6.45) is 0.385. The van der Waals surface area contributed by atoms with Crippen molar-refractivity contribution in [1.82, 2.24) is 4.72 Å². The minimum Gasteiger partial charge on any atom is -0.760 e. The summed E-state index contributed by atoms with van der Waals surface area (Å²) in [5.41, 5.74) is 1.40. The lowest BCUT2D eigenvalue weighted by molar-refractivity contribution is 0.103. The number of rotatable bonds is 6. The van der Waals surface area contributed by atoms with Gasteiger partial charge in [0.2, 0.25) is 0 Å². The van der Waals surface area contributed by atoms with Gasteiger partial charge in [-0.1, -0.05) is 27.5 Å². The molecule has 0 saturated carbocycles. The van der Waals surface area contributed by atoms with Crippen molar-refractivity contribution in [2.45, 2.75) is 6.42 Å². The second kappa shape index (κ2) is 8.12. The van der Waals surface area contributed by atoms with Crippen molar-refractivity contribution in [2.24, 2.45) is 0 Å². The van der Waals surface area contributed by atoms with Gasteiger partial charge in [-0.2, -0.15) is 0 Å². The third kappa shape index (κ3) is 4.92. The molecule has 0 radical (unpaired) electrons. The van der Waals surface area contributed by atoms with Crippen LogP contribution in [0.15, 0.2) is 40.9 Å². The van der Waals surface area contributed by atoms with E-state index in [9.17, 15) is 17.9 Å². The number of hydrogen-bond donors (Lipinski definition) is 1. The Hall–Kier alpha value is -1.12. The summed E-state index contributed by atoms with van der Waals surface area (Å²) in [4.78, 5) is 12.4. The van der Waals surface area contributed by atoms with E-state index in [2.05, 4.69) is 20.7 Å². The summed E-state index contributed by atoms with van der Waals surface area (Å²) in [6.45, 7) is 0.202. The van der Waals surface area contributed by atoms with E-state index in [0.717, 1.165) is 0 Å². The van der Waals surface area contributed by atoms with Crippen LogP contribution in [0.25, 0.3) is 0 Å². The van der Waals surface area contributed by atoms with E-state index in [0.29, 0.717) is 32.6 Å². The van der Waals surface area contributed by atoms with Crippen LogP contribution in [0.5, 0.6) is 0 Å². The van der Waals surface area contributed by atoms with Crippen molar-refractivity contribution in [3.05, 3.63) is 68.4 Å². The Morgan fingerprint density at radius 3 is 2.57 bits per heavy atom. The Labute approximate surface area is 148 Å². The maximum Gasteiger partial charge on any atom is 0.194 e. The number of carbonyl (C=O) groups is 1. The van der Waals surface area contributed by atoms with Crippen LogP contribution in [-0.2, 0) is 17.7 Å². The van der Waals surface area contributed by atoms with Crippen molar-refractivity contribution >= 4 is 44.6 Å². The van der Waals surface area contributed by atoms with Gasteiger partial charge in [-0.25, -0.2) is 9.11 Å². The van der Waals surface area contributed by atoms with Crippen LogP contribution in [-0.4, -0.2) is 21.1 Å². The molecule has 0 saturated heterocycles. The van der Waals surface area contributed by atoms with Crippen molar-refractivity contribution in [3.8, 4) is 0 Å². The number of hydrogen-bond acceptors (Lipinski definition) is 3. The average Bonchev–Trinajstić information content (AvgIpc) is 2.50. The lowest BCUT2D eigenvalue weighted by atomic mass is 10.0. The van der Waals surface area contributed by atoms with Gasteiger partial charge in [0.1, 0.15) is 5.82 Å². The number of nitrogens with one attached hydrogen (secondary N) is 1. The van der Waals surface area contributed by atoms with E-state index in [1.54, 1.807) is 6.07 Å². The first kappa shape index (κ1) is 18.2. The zero-order valence-electron chi connectivity index (χ0n) is 11.6. The minimum atomic E-state index is -2.33. The van der Waals surface area contributed by atoms with Gasteiger partial charge in [-0.3, -0.25) is 9.00 Å². The molecule has 0 fully saturated rings. The molecule has 2 aromatic carbocycles. The molecule has 0 bridgehead atoms. The smallest absolute Gasteiger partial charge is 0.194 e. The summed E-state index contributed by atoms with van der Waals surface area (Å²) < 4.78 is 36.6. The molecule has 1 N–H and O–H groups in total. The lowest BCUT2D eigenvalue weighted by Gasteiger charge is -2.11. The molecule has 23 heavy (non-hydrogen) atoms. The van der Waals surface area contributed by atoms with E-state index in [-0.39, 0.29) is 12.3 Å². The van der Waals surface area contributed by atoms with Crippen LogP contribution in [0.3, 0.4) is 0 Å². The summed E-state index contributed by atoms with van der Waals surface area (Å²) >= 11 is 7.15. The quantitative estimate of drug-likeness (QED) is 0.576. The molecule has 1 atom stereocenters. The molecule has 0 spiro atoms. The number of ketones is 1. The highest BCUT2D eigenvalue weighted by atomic mass is 79.9. The molecule has 0 amide bonds. The highest BCUT2D eigenvalue weighted by Crippen LogP contribution is 2.28. The maximum atomic E-state index is 12.9. The molecular formula is C15H11BrClFNO3S-. The van der Waals surface area contributed by atoms with Crippen molar-refractivity contribution < 1.29 is 17.9 Å². The molecule has 0 aromatic heterocycles. The van der Waals surface area contributed by atoms with Crippen molar-refractivity contribution in [1.29, 1.82) is 0 Å². The van der Waals surface area contributed by atoms with E-state index in [4.69, 9.17) is 11.6 Å². The molecule has 0 heterocycles. The molecule has 1 unspecified atom stereocenters. The second-order valence-electron chi connectivity index (χ2n) is 4.64. The van der Waals surface area contributed by atoms with Gasteiger partial charge in [-0.15, -0.1) is 0 Å². The van der Waals surface area contributed by atoms with Gasteiger partial charge in [-0.05, 0) is 48.4 Å². The molecule has 4 nitrogen and oxygen atoms in total. The fraction of sp³-hybridized carbons (Fsp3) is 0.133. The molecule has 122 valence electrons. The van der Waals surface area contributed by atoms with Crippen LogP contribution >= 0.6 is 27.5 Å². The molecule has 2 rings (SSSR count). The Bertz CT molecular complexity index is 755. The van der Waals surface area contributed by atoms with Crippen LogP contribution in [0.1, 0.15) is 21.5 Å². The van der Waals surface area contributed by atoms with Crippen LogP contribution < -0.4 is 4.72 Å². The second-order valence-corrected chi connectivity index (χ2v) is 6.66. The summed E-state index contributed by atoms with van der Waals surface area (Å²) in [7, 11) is 0. The first-order valence-corrected chi connectivity index (χ1v) is 8.74. The minimum absolute atomic E-state index is 0.202. The van der Waals surface area contributed by atoms with Gasteiger partial charge in [0.15, 0.2) is 5.78 Å². The topological polar surface area (TPSA) is 69.2 Å². The maximum absolute atomic E-state index is 12.9. The van der Waals surface area contributed by atoms with E-state index < -0.39 is 17.1 Å². The third-order valence-corrected chi connectivity index (χ3v) is 4.55. The van der Waals surface area contributed by atoms with Gasteiger partial charge in [0, 0.05) is 38.4 Å². The van der Waals surface area contributed by atoms with Crippen LogP contribution in [0.2, 0.25) is 5.02 Å². The van der Waals surface area contributed by atoms with Gasteiger partial charge < -0.3 is 4.55 Å². The van der Waals surface area contributed by atoms with E-state index in [1.165, 1.54) is 30.3 Å². The molecule has 2 aromatic rings. The molecule has 0 aliphatic carbocycles. The summed E-state index contributed by atoms with van der Waals surface area (Å²) in [5.74, 6) is -0.707. The largest absolute Gasteiger partial charge is 0.760 e. The average molecular weight is 420 g/mol. The van der Waals surface area contributed by atoms with Gasteiger partial charge >= 0.3 is 0 Å². The van der Waals surface area contributed by atoms with Gasteiger partial charge in [0.05, 0.1) is 0 Å². The van der Waals surface area contributed by atoms with E-state index >= 15 is 0 Å². The molecule has 8 heteroatoms. The lowest BCUT2D eigenvalue weighted by Crippen LogP contribution is -2.19. The number of benzene rings is 2. The predicted molar refractivity (Wildman–Crippen MR) is 89.6 cm³/mol. The first-order valence-electron chi connectivity index (χ1n) is 6.49. The Morgan fingerprint density at radius 2 is 1.96 bits per heavy atom. The Balaban J connectivity index is 2.23. The predicted octanol–water partition coefficient (Wildman–Crippen LogP) is 3.40. The van der Waals surface area contributed by atoms with E-state index in [1.807, 2.05) is 0 Å². The monoisotopic (exact) mass is 418 g/mol. The van der Waals surface area contributed by atoms with Crippen LogP contribution in [0.4, 0.5) is 4.39 Å². The van der Waals surface area contributed by atoms with Crippen molar-refractivity contribution in [2.75, 3.05) is 6.54 Å². The number of halogens is 3. The summed E-state index contributed by atoms with van der Waals surface area (Å²) in [5, 5.41) is 0.358. The van der Waals surface area contributed by atoms with Gasteiger partial charge in [0.25, 0.3) is 0 Å². The fourth-order valence-corrected chi connectivity index (χ4v) is 3.08. The first-order chi connectivity index (χ1) is 10.9. The third-order valence-electron chi connectivity index (χ3n) is 3.10. The van der Waals surface area contributed by atoms with Crippen molar-refractivity contribution in [3.63, 3.8) is 0 Å². The standard InChI is InChI=1S/C15H12BrClFNO3S/c16-13-7-10(5-6-19-23(21)22)14(17)8-12(13)15(20)9-1-3-11(18)4-2-9/h1-4,7-8,19H,5-6H2,(H,21,22)/p-1. The van der Waals surface area contributed by atoms with Crippen LogP contribution in [0, 0.1) is 5.82 Å². The molecule has 0 aliphatic rings. The SMILES string of the molecule is O=C(c1ccc(F)cc1)c1cc(Cl)c(CCNS(=O)[O-])cc1Br. The fourth-order valence-electron chi connectivity index (χ4n) is 1.98. The zero-order valence-corrected chi connectivity index (χ0v) is 14.8. The molecular weight excluding hydrogens is 409 g/mol. The Kier molecular flexibility index (Phi) is 6.43. The summed E-state index contributed by atoms with van der Waals surface area (Å²) in [6, 6.07) is 8.42. The molecule has 0 aliphatic heterocycles. The number of carbonyl (C=O) groups excluding carboxylic acids is 1. The Morgan fingerprint density at radius 1 is 1.30 bits per heavy atom.